The molecule has 2 N–H and O–H groups in total. The Morgan fingerprint density at radius 1 is 1.31 bits per heavy atom. The number of rotatable bonds is 8. The van der Waals surface area contributed by atoms with Crippen molar-refractivity contribution in [2.45, 2.75) is 52.7 Å². The summed E-state index contributed by atoms with van der Waals surface area (Å²) in [5, 5.41) is 6.73. The van der Waals surface area contributed by atoms with Gasteiger partial charge in [0, 0.05) is 25.7 Å². The highest BCUT2D eigenvalue weighted by atomic mass is 127. The predicted molar refractivity (Wildman–Crippen MR) is 119 cm³/mol. The molecule has 1 aliphatic rings. The van der Waals surface area contributed by atoms with Gasteiger partial charge in [0.2, 0.25) is 0 Å². The van der Waals surface area contributed by atoms with Gasteiger partial charge in [-0.2, -0.15) is 0 Å². The number of ether oxygens (including phenoxy) is 2. The fourth-order valence-electron chi connectivity index (χ4n) is 3.03. The molecule has 0 radical (unpaired) electrons. The molecule has 6 heteroatoms. The number of aliphatic imine (C=N–C) groups is 1. The van der Waals surface area contributed by atoms with Gasteiger partial charge in [-0.3, -0.25) is 4.99 Å². The lowest BCUT2D eigenvalue weighted by Gasteiger charge is -2.19. The van der Waals surface area contributed by atoms with Crippen LogP contribution in [0.2, 0.25) is 0 Å². The monoisotopic (exact) mass is 475 g/mol. The molecule has 1 aromatic carbocycles. The molecule has 1 aliphatic heterocycles. The van der Waals surface area contributed by atoms with Crippen LogP contribution in [0.15, 0.2) is 23.2 Å². The van der Waals surface area contributed by atoms with Crippen molar-refractivity contribution in [2.24, 2.45) is 4.99 Å². The largest absolute Gasteiger partial charge is 0.379 e. The number of hydrogen-bond donors (Lipinski definition) is 2. The summed E-state index contributed by atoms with van der Waals surface area (Å²) in [5.41, 5.74) is 3.96. The van der Waals surface area contributed by atoms with Crippen LogP contribution < -0.4 is 10.6 Å². The second kappa shape index (κ2) is 12.5. The molecule has 148 valence electrons. The molecule has 0 bridgehead atoms. The van der Waals surface area contributed by atoms with E-state index in [1.165, 1.54) is 16.7 Å². The van der Waals surface area contributed by atoms with Crippen LogP contribution in [0, 0.1) is 13.8 Å². The van der Waals surface area contributed by atoms with Gasteiger partial charge in [-0.1, -0.05) is 29.3 Å². The zero-order chi connectivity index (χ0) is 18.1. The minimum atomic E-state index is 0. The summed E-state index contributed by atoms with van der Waals surface area (Å²) in [6, 6.07) is 6.89. The van der Waals surface area contributed by atoms with Gasteiger partial charge in [-0.15, -0.1) is 24.0 Å². The summed E-state index contributed by atoms with van der Waals surface area (Å²) in [6.07, 6.45) is 2.19. The maximum Gasteiger partial charge on any atom is 0.191 e. The Bertz CT molecular complexity index is 540. The molecule has 0 saturated carbocycles. The molecule has 0 aromatic heterocycles. The van der Waals surface area contributed by atoms with Crippen molar-refractivity contribution in [1.29, 1.82) is 0 Å². The molecule has 1 aromatic rings. The van der Waals surface area contributed by atoms with Gasteiger partial charge < -0.3 is 20.1 Å². The molecule has 2 atom stereocenters. The van der Waals surface area contributed by atoms with Crippen molar-refractivity contribution < 1.29 is 9.47 Å². The molecular weight excluding hydrogens is 441 g/mol. The highest BCUT2D eigenvalue weighted by Crippen LogP contribution is 2.10. The van der Waals surface area contributed by atoms with Crippen LogP contribution in [-0.4, -0.2) is 51.0 Å². The Balaban J connectivity index is 0.00000338. The minimum absolute atomic E-state index is 0. The Labute approximate surface area is 175 Å². The number of guanidine groups is 1. The third-order valence-electron chi connectivity index (χ3n) is 4.15. The average molecular weight is 475 g/mol. The quantitative estimate of drug-likeness (QED) is 0.345. The van der Waals surface area contributed by atoms with Crippen LogP contribution in [0.3, 0.4) is 0 Å². The zero-order valence-electron chi connectivity index (χ0n) is 16.5. The predicted octanol–water partition coefficient (Wildman–Crippen LogP) is 3.21. The molecule has 5 nitrogen and oxygen atoms in total. The van der Waals surface area contributed by atoms with E-state index in [1.54, 1.807) is 0 Å². The van der Waals surface area contributed by atoms with E-state index in [9.17, 15) is 0 Å². The van der Waals surface area contributed by atoms with Crippen LogP contribution in [0.1, 0.15) is 37.0 Å². The molecular formula is C20H34IN3O2. The number of nitrogens with one attached hydrogen (secondary N) is 2. The first-order chi connectivity index (χ1) is 12.1. The van der Waals surface area contributed by atoms with Crippen LogP contribution in [0.4, 0.5) is 0 Å². The fourth-order valence-corrected chi connectivity index (χ4v) is 3.03. The summed E-state index contributed by atoms with van der Waals surface area (Å²) in [4.78, 5) is 4.70. The molecule has 2 rings (SSSR count). The normalized spacial score (nSPS) is 18.3. The van der Waals surface area contributed by atoms with Gasteiger partial charge in [0.15, 0.2) is 5.96 Å². The van der Waals surface area contributed by atoms with Crippen molar-refractivity contribution in [2.75, 3.05) is 32.9 Å². The Kier molecular flexibility index (Phi) is 11.2. The highest BCUT2D eigenvalue weighted by molar-refractivity contribution is 14.0. The van der Waals surface area contributed by atoms with Gasteiger partial charge in [0.25, 0.3) is 0 Å². The van der Waals surface area contributed by atoms with E-state index in [-0.39, 0.29) is 36.1 Å². The van der Waals surface area contributed by atoms with E-state index < -0.39 is 0 Å². The second-order valence-electron chi connectivity index (χ2n) is 6.87. The van der Waals surface area contributed by atoms with E-state index in [0.29, 0.717) is 6.61 Å². The van der Waals surface area contributed by atoms with Crippen molar-refractivity contribution in [3.8, 4) is 0 Å². The van der Waals surface area contributed by atoms with Gasteiger partial charge in [-0.25, -0.2) is 0 Å². The molecule has 0 aliphatic carbocycles. The molecule has 0 amide bonds. The number of halogens is 1. The minimum Gasteiger partial charge on any atom is -0.379 e. The molecule has 1 fully saturated rings. The Morgan fingerprint density at radius 3 is 2.65 bits per heavy atom. The maximum atomic E-state index is 5.87. The topological polar surface area (TPSA) is 54.9 Å². The van der Waals surface area contributed by atoms with Crippen LogP contribution in [0.5, 0.6) is 0 Å². The lowest BCUT2D eigenvalue weighted by Crippen LogP contribution is -2.44. The van der Waals surface area contributed by atoms with E-state index in [1.807, 2.05) is 0 Å². The first-order valence-corrected chi connectivity index (χ1v) is 9.38. The van der Waals surface area contributed by atoms with Crippen molar-refractivity contribution >= 4 is 29.9 Å². The van der Waals surface area contributed by atoms with Gasteiger partial charge in [0.05, 0.1) is 19.3 Å². The summed E-state index contributed by atoms with van der Waals surface area (Å²) >= 11 is 0. The lowest BCUT2D eigenvalue weighted by atomic mass is 10.1. The summed E-state index contributed by atoms with van der Waals surface area (Å²) in [5.74, 6) is 0.852. The average Bonchev–Trinajstić information content (AvgIpc) is 3.05. The highest BCUT2D eigenvalue weighted by Gasteiger charge is 2.17. The molecule has 0 spiro atoms. The van der Waals surface area contributed by atoms with E-state index in [2.05, 4.69) is 56.5 Å². The molecule has 2 unspecified atom stereocenters. The molecule has 1 saturated heterocycles. The standard InChI is InChI=1S/C20H33N3O2.HI/c1-5-21-20(23-17(4)13-25-19-7-9-24-14-19)22-8-6-18-11-15(2)10-16(3)12-18;/h10-12,17,19H,5-9,13-14H2,1-4H3,(H2,21,22,23);1H. The number of hydrogen-bond acceptors (Lipinski definition) is 3. The number of benzene rings is 1. The smallest absolute Gasteiger partial charge is 0.191 e. The molecule has 26 heavy (non-hydrogen) atoms. The first kappa shape index (κ1) is 23.2. The van der Waals surface area contributed by atoms with Crippen molar-refractivity contribution in [3.05, 3.63) is 34.9 Å². The Hall–Kier alpha value is -0.860. The maximum absolute atomic E-state index is 5.87. The SMILES string of the molecule is CCNC(=NCCc1cc(C)cc(C)c1)NC(C)COC1CCOC1.I. The van der Waals surface area contributed by atoms with Crippen molar-refractivity contribution in [3.63, 3.8) is 0 Å². The summed E-state index contributed by atoms with van der Waals surface area (Å²) < 4.78 is 11.2. The van der Waals surface area contributed by atoms with E-state index in [0.717, 1.165) is 45.1 Å². The number of nitrogens with zero attached hydrogens (tertiary/aromatic N) is 1. The summed E-state index contributed by atoms with van der Waals surface area (Å²) in [7, 11) is 0. The van der Waals surface area contributed by atoms with Crippen LogP contribution in [0.25, 0.3) is 0 Å². The van der Waals surface area contributed by atoms with Crippen LogP contribution >= 0.6 is 24.0 Å². The van der Waals surface area contributed by atoms with Gasteiger partial charge >= 0.3 is 0 Å². The summed E-state index contributed by atoms with van der Waals surface area (Å²) in [6.45, 7) is 12.3. The second-order valence-corrected chi connectivity index (χ2v) is 6.87. The zero-order valence-corrected chi connectivity index (χ0v) is 18.8. The fraction of sp³-hybridized carbons (Fsp3) is 0.650. The third-order valence-corrected chi connectivity index (χ3v) is 4.15. The van der Waals surface area contributed by atoms with E-state index >= 15 is 0 Å². The van der Waals surface area contributed by atoms with Crippen LogP contribution in [-0.2, 0) is 15.9 Å². The van der Waals surface area contributed by atoms with Gasteiger partial charge in [-0.05, 0) is 46.1 Å². The molecule has 1 heterocycles. The lowest BCUT2D eigenvalue weighted by molar-refractivity contribution is 0.0347. The van der Waals surface area contributed by atoms with Gasteiger partial charge in [0.1, 0.15) is 0 Å². The van der Waals surface area contributed by atoms with E-state index in [4.69, 9.17) is 14.5 Å². The number of aryl methyl sites for hydroxylation is 2. The first-order valence-electron chi connectivity index (χ1n) is 9.38. The third kappa shape index (κ3) is 8.68. The Morgan fingerprint density at radius 2 is 2.04 bits per heavy atom. The van der Waals surface area contributed by atoms with Crippen molar-refractivity contribution in [1.82, 2.24) is 10.6 Å².